The molecule has 6 unspecified atom stereocenters. The molecule has 0 aliphatic heterocycles. The van der Waals surface area contributed by atoms with Crippen LogP contribution in [0.1, 0.15) is 240 Å². The predicted octanol–water partition coefficient (Wildman–Crippen LogP) is 18.3. The molecule has 6 aliphatic carbocycles. The molecule has 0 heterocycles. The third-order valence-corrected chi connectivity index (χ3v) is 17.2. The first-order chi connectivity index (χ1) is 40.6. The minimum absolute atomic E-state index is 0.0624. The highest BCUT2D eigenvalue weighted by atomic mass is 16.2. The van der Waals surface area contributed by atoms with Gasteiger partial charge in [0, 0.05) is 31.0 Å². The van der Waals surface area contributed by atoms with Gasteiger partial charge in [-0.05, 0) is 189 Å². The molecule has 4 amide bonds. The fraction of sp³-hybridized carbons (Fsp3) is 0.615. The number of hydrogen-bond donors (Lipinski definition) is 4. The van der Waals surface area contributed by atoms with E-state index in [0.29, 0.717) is 30.7 Å². The summed E-state index contributed by atoms with van der Waals surface area (Å²) in [6.07, 6.45) is 40.6. The number of hydrogen-bond acceptors (Lipinski definition) is 6. The van der Waals surface area contributed by atoms with Crippen LogP contribution in [0, 0.1) is 44.3 Å². The molecule has 0 aromatic carbocycles. The van der Waals surface area contributed by atoms with Gasteiger partial charge >= 0.3 is 0 Å². The summed E-state index contributed by atoms with van der Waals surface area (Å²) in [5.74, 6) is 1.05. The molecule has 10 nitrogen and oxygen atoms in total. The van der Waals surface area contributed by atoms with E-state index >= 15 is 0 Å². The fourth-order valence-electron chi connectivity index (χ4n) is 11.7. The van der Waals surface area contributed by atoms with Gasteiger partial charge in [-0.25, -0.2) is 0 Å². The molecule has 4 N–H and O–H groups in total. The van der Waals surface area contributed by atoms with Crippen LogP contribution < -0.4 is 21.3 Å². The second kappa shape index (κ2) is 37.3. The summed E-state index contributed by atoms with van der Waals surface area (Å²) >= 11 is 0. The Morgan fingerprint density at radius 3 is 1.33 bits per heavy atom. The second-order valence-corrected chi connectivity index (χ2v) is 30.9. The van der Waals surface area contributed by atoms with E-state index < -0.39 is 0 Å². The van der Waals surface area contributed by atoms with E-state index in [-0.39, 0.29) is 85.8 Å². The topological polar surface area (TPSA) is 151 Å². The van der Waals surface area contributed by atoms with Gasteiger partial charge in [-0.3, -0.25) is 28.8 Å². The molecule has 0 radical (unpaired) electrons. The van der Waals surface area contributed by atoms with Crippen molar-refractivity contribution >= 4 is 35.2 Å². The molecule has 492 valence electrons. The second-order valence-electron chi connectivity index (χ2n) is 30.9. The average molecular weight is 1210 g/mol. The van der Waals surface area contributed by atoms with Crippen molar-refractivity contribution < 1.29 is 28.8 Å². The maximum atomic E-state index is 11.3. The van der Waals surface area contributed by atoms with Crippen LogP contribution in [0.3, 0.4) is 0 Å². The lowest BCUT2D eigenvalue weighted by molar-refractivity contribution is -0.118. The van der Waals surface area contributed by atoms with E-state index in [2.05, 4.69) is 222 Å². The van der Waals surface area contributed by atoms with E-state index in [1.54, 1.807) is 0 Å². The van der Waals surface area contributed by atoms with E-state index in [1.807, 2.05) is 0 Å². The standard InChI is InChI=1S/2C14H22O.2C13H21NO.2C12H19NO/c2*1-5-13(15)10-11-7-6-8-12(9-11)14(2,3)4;1-5-12(15)14-11-8-6-10(7-9-11)13(2,3)4;1-5-12(15)14-11-9-7-6-8-10(11)13(2,3)4;2*1-5-11(14)13-10-7-6-9(8-10)12(2,3)4/h5,9,11H,1,6-8,10H2,2-4H3;5,8,11H,1,6-7,9-10H2,2-4H3;5-6,11H,1,7-9H2,2-4H3,(H,14,15);5,8,11H,1,6-7,9H2,2-4H3,(H,14,15);5,8,10H,1,6-7H2,2-4H3,(H,13,14);5-6,10H,1,7-8H2,2-4H3,(H,13,14). The average Bonchev–Trinajstić information content (AvgIpc) is 3.97. The highest BCUT2D eigenvalue weighted by Crippen LogP contribution is 2.40. The number of rotatable bonds is 14. The zero-order chi connectivity index (χ0) is 67.4. The lowest BCUT2D eigenvalue weighted by Crippen LogP contribution is -2.40. The highest BCUT2D eigenvalue weighted by Gasteiger charge is 2.30. The van der Waals surface area contributed by atoms with Crippen molar-refractivity contribution in [1.29, 1.82) is 0 Å². The summed E-state index contributed by atoms with van der Waals surface area (Å²) < 4.78 is 0. The monoisotopic (exact) mass is 1210 g/mol. The molecule has 6 aliphatic rings. The van der Waals surface area contributed by atoms with Crippen molar-refractivity contribution in [2.45, 2.75) is 264 Å². The van der Waals surface area contributed by atoms with Gasteiger partial charge in [0.05, 0.1) is 6.04 Å². The van der Waals surface area contributed by atoms with E-state index in [4.69, 9.17) is 0 Å². The Morgan fingerprint density at radius 1 is 0.409 bits per heavy atom. The van der Waals surface area contributed by atoms with Crippen LogP contribution >= 0.6 is 0 Å². The maximum absolute atomic E-state index is 11.3. The summed E-state index contributed by atoms with van der Waals surface area (Å²) in [6.45, 7) is 60.9. The Hall–Kier alpha value is -5.90. The predicted molar refractivity (Wildman–Crippen MR) is 374 cm³/mol. The smallest absolute Gasteiger partial charge is 0.243 e. The molecular formula is C78H124N4O6. The van der Waals surface area contributed by atoms with Crippen LogP contribution in [-0.4, -0.2) is 59.4 Å². The van der Waals surface area contributed by atoms with Gasteiger partial charge in [-0.1, -0.05) is 228 Å². The van der Waals surface area contributed by atoms with Crippen molar-refractivity contribution in [1.82, 2.24) is 21.3 Å². The molecule has 0 spiro atoms. The van der Waals surface area contributed by atoms with Crippen LogP contribution in [0.15, 0.2) is 146 Å². The van der Waals surface area contributed by atoms with Gasteiger partial charge in [0.25, 0.3) is 0 Å². The minimum Gasteiger partial charge on any atom is -0.350 e. The van der Waals surface area contributed by atoms with Gasteiger partial charge in [0.15, 0.2) is 11.6 Å². The molecule has 0 aromatic rings. The maximum Gasteiger partial charge on any atom is 0.243 e. The minimum atomic E-state index is -0.0820. The summed E-state index contributed by atoms with van der Waals surface area (Å²) in [5.41, 5.74) is 10.1. The first-order valence-electron chi connectivity index (χ1n) is 32.8. The number of amides is 4. The Labute approximate surface area is 537 Å². The highest BCUT2D eigenvalue weighted by molar-refractivity contribution is 5.90. The molecule has 6 rings (SSSR count). The summed E-state index contributed by atoms with van der Waals surface area (Å²) in [4.78, 5) is 67.1. The molecular weight excluding hydrogens is 1090 g/mol. The van der Waals surface area contributed by atoms with Crippen molar-refractivity contribution in [2.75, 3.05) is 0 Å². The largest absolute Gasteiger partial charge is 0.350 e. The van der Waals surface area contributed by atoms with Crippen LogP contribution in [0.25, 0.3) is 0 Å². The van der Waals surface area contributed by atoms with Crippen molar-refractivity contribution in [3.63, 3.8) is 0 Å². The van der Waals surface area contributed by atoms with Gasteiger partial charge in [-0.15, -0.1) is 0 Å². The number of allylic oxidation sites excluding steroid dienone is 9. The van der Waals surface area contributed by atoms with Gasteiger partial charge in [-0.2, -0.15) is 0 Å². The van der Waals surface area contributed by atoms with Crippen LogP contribution in [0.5, 0.6) is 0 Å². The summed E-state index contributed by atoms with van der Waals surface area (Å²) in [5, 5.41) is 11.8. The Bertz CT molecular complexity index is 2590. The molecule has 6 atom stereocenters. The van der Waals surface area contributed by atoms with Crippen molar-refractivity contribution in [2.24, 2.45) is 44.3 Å². The number of carbonyl (C=O) groups excluding carboxylic acids is 6. The molecule has 0 saturated carbocycles. The Morgan fingerprint density at radius 2 is 0.864 bits per heavy atom. The van der Waals surface area contributed by atoms with Gasteiger partial charge in [0.2, 0.25) is 23.6 Å². The molecule has 10 heteroatoms. The number of carbonyl (C=O) groups is 6. The SMILES string of the molecule is C=CC(=O)CC1C=C(C(C)(C)C)CCC1.C=CC(=O)CC1CCC=C(C(C)(C)C)C1.C=CC(=O)NC1C=C(C(C)(C)C)CC1.C=CC(=O)NC1CC=C(C(C)(C)C)C1.C=CC(=O)NC1CC=C(C(C)(C)C)CC1.C=CC(=O)NC1CCCC=C1C(C)(C)C. The number of ketones is 2. The quantitative estimate of drug-likeness (QED) is 0.100. The van der Waals surface area contributed by atoms with E-state index in [0.717, 1.165) is 89.9 Å². The zero-order valence-electron chi connectivity index (χ0n) is 58.8. The van der Waals surface area contributed by atoms with Gasteiger partial charge < -0.3 is 21.3 Å². The lowest BCUT2D eigenvalue weighted by Gasteiger charge is -2.33. The first kappa shape index (κ1) is 80.1. The molecule has 88 heavy (non-hydrogen) atoms. The molecule has 0 saturated heterocycles. The Balaban J connectivity index is 0.000000528. The summed E-state index contributed by atoms with van der Waals surface area (Å²) in [6, 6.07) is 0.968. The van der Waals surface area contributed by atoms with Gasteiger partial charge in [0.1, 0.15) is 0 Å². The molecule has 0 aromatic heterocycles. The van der Waals surface area contributed by atoms with Crippen molar-refractivity contribution in [3.05, 3.63) is 146 Å². The molecule has 0 fully saturated rings. The van der Waals surface area contributed by atoms with E-state index in [9.17, 15) is 28.8 Å². The van der Waals surface area contributed by atoms with E-state index in [1.165, 1.54) is 82.7 Å². The molecule has 0 bridgehead atoms. The zero-order valence-corrected chi connectivity index (χ0v) is 58.8. The summed E-state index contributed by atoms with van der Waals surface area (Å²) in [7, 11) is 0. The lowest BCUT2D eigenvalue weighted by atomic mass is 9.75. The van der Waals surface area contributed by atoms with Crippen LogP contribution in [-0.2, 0) is 28.8 Å². The first-order valence-corrected chi connectivity index (χ1v) is 32.8. The van der Waals surface area contributed by atoms with Crippen molar-refractivity contribution in [3.8, 4) is 0 Å². The van der Waals surface area contributed by atoms with Crippen LogP contribution in [0.2, 0.25) is 0 Å². The third kappa shape index (κ3) is 32.0. The third-order valence-electron chi connectivity index (χ3n) is 17.2. The normalized spacial score (nSPS) is 21.8. The Kier molecular flexibility index (Phi) is 34.0. The number of nitrogens with one attached hydrogen (secondary N) is 4. The fourth-order valence-corrected chi connectivity index (χ4v) is 11.7. The van der Waals surface area contributed by atoms with Crippen LogP contribution in [0.4, 0.5) is 0 Å².